The molecule has 132 valence electrons. The number of thiophene rings is 1. The number of nitrogens with zero attached hydrogens (tertiary/aromatic N) is 1. The van der Waals surface area contributed by atoms with E-state index in [1.807, 2.05) is 0 Å². The molecule has 0 unspecified atom stereocenters. The highest BCUT2D eigenvalue weighted by Gasteiger charge is 2.54. The summed E-state index contributed by atoms with van der Waals surface area (Å²) in [5, 5.41) is 13.8. The molecule has 25 heavy (non-hydrogen) atoms. The third kappa shape index (κ3) is 2.46. The topological polar surface area (TPSA) is 52.9 Å². The highest BCUT2D eigenvalue weighted by atomic mass is 32.1. The summed E-state index contributed by atoms with van der Waals surface area (Å²) in [5.74, 6) is 3.16. The lowest BCUT2D eigenvalue weighted by Gasteiger charge is -2.55. The second-order valence-corrected chi connectivity index (χ2v) is 10.4. The molecule has 5 aliphatic rings. The average molecular weight is 355 g/mol. The molecule has 1 atom stereocenters. The predicted octanol–water partition coefficient (Wildman–Crippen LogP) is 4.90. The zero-order valence-corrected chi connectivity index (χ0v) is 15.8. The number of carbonyl (C=O) groups excluding carboxylic acids is 1. The number of nitriles is 1. The third-order valence-electron chi connectivity index (χ3n) is 7.37. The van der Waals surface area contributed by atoms with Crippen LogP contribution in [-0.4, -0.2) is 5.91 Å². The van der Waals surface area contributed by atoms with Crippen molar-refractivity contribution in [1.82, 2.24) is 0 Å². The van der Waals surface area contributed by atoms with E-state index in [4.69, 9.17) is 0 Å². The van der Waals surface area contributed by atoms with Crippen LogP contribution in [0.15, 0.2) is 0 Å². The molecule has 4 fully saturated rings. The normalized spacial score (nSPS) is 38.2. The maximum absolute atomic E-state index is 13.3. The van der Waals surface area contributed by atoms with E-state index >= 15 is 0 Å². The molecule has 4 bridgehead atoms. The number of nitrogens with one attached hydrogen (secondary N) is 1. The number of anilines is 1. The summed E-state index contributed by atoms with van der Waals surface area (Å²) in [6.45, 7) is 2.26. The molecule has 0 aromatic carbocycles. The number of aryl methyl sites for hydroxylation is 1. The quantitative estimate of drug-likeness (QED) is 0.821. The lowest BCUT2D eigenvalue weighted by atomic mass is 9.49. The zero-order chi connectivity index (χ0) is 17.2. The summed E-state index contributed by atoms with van der Waals surface area (Å²) >= 11 is 1.67. The summed E-state index contributed by atoms with van der Waals surface area (Å²) in [6.07, 6.45) is 10.5. The average Bonchev–Trinajstić information content (AvgIpc) is 2.89. The summed E-state index contributed by atoms with van der Waals surface area (Å²) in [7, 11) is 0. The predicted molar refractivity (Wildman–Crippen MR) is 99.5 cm³/mol. The Morgan fingerprint density at radius 1 is 1.20 bits per heavy atom. The van der Waals surface area contributed by atoms with E-state index in [1.165, 1.54) is 36.1 Å². The van der Waals surface area contributed by atoms with Crippen LogP contribution in [0.4, 0.5) is 5.00 Å². The smallest absolute Gasteiger partial charge is 0.231 e. The molecule has 4 saturated carbocycles. The van der Waals surface area contributed by atoms with Gasteiger partial charge in [-0.25, -0.2) is 0 Å². The number of hydrogen-bond donors (Lipinski definition) is 1. The molecule has 0 saturated heterocycles. The van der Waals surface area contributed by atoms with E-state index in [1.54, 1.807) is 11.3 Å². The zero-order valence-electron chi connectivity index (χ0n) is 14.9. The standard InChI is InChI=1S/C21H26N2OS/c1-12-2-3-18-16(4-12)17(11-22)19(25-18)23-20(24)21-8-13-5-14(9-21)7-15(6-13)10-21/h12-15H,2-10H2,1H3,(H,23,24)/t12-,13?,14?,15?,21?/m0/s1. The van der Waals surface area contributed by atoms with Crippen molar-refractivity contribution in [2.24, 2.45) is 29.1 Å². The molecule has 1 aromatic rings. The first-order chi connectivity index (χ1) is 12.1. The molecule has 0 spiro atoms. The van der Waals surface area contributed by atoms with Crippen LogP contribution in [0.5, 0.6) is 0 Å². The lowest BCUT2D eigenvalue weighted by Crippen LogP contribution is -2.51. The van der Waals surface area contributed by atoms with Gasteiger partial charge in [-0.2, -0.15) is 5.26 Å². The molecule has 6 rings (SSSR count). The van der Waals surface area contributed by atoms with Crippen molar-refractivity contribution in [1.29, 1.82) is 5.26 Å². The van der Waals surface area contributed by atoms with Crippen molar-refractivity contribution < 1.29 is 4.79 Å². The second kappa shape index (κ2) is 5.58. The van der Waals surface area contributed by atoms with Crippen LogP contribution in [0.25, 0.3) is 0 Å². The maximum Gasteiger partial charge on any atom is 0.231 e. The molecule has 3 nitrogen and oxygen atoms in total. The Morgan fingerprint density at radius 3 is 2.44 bits per heavy atom. The van der Waals surface area contributed by atoms with E-state index in [2.05, 4.69) is 18.3 Å². The van der Waals surface area contributed by atoms with Crippen LogP contribution in [0.2, 0.25) is 0 Å². The monoisotopic (exact) mass is 354 g/mol. The summed E-state index contributed by atoms with van der Waals surface area (Å²) in [5.41, 5.74) is 1.83. The van der Waals surface area contributed by atoms with Crippen molar-refractivity contribution in [2.75, 3.05) is 5.32 Å². The molecule has 0 radical (unpaired) electrons. The second-order valence-electron chi connectivity index (χ2n) is 9.32. The van der Waals surface area contributed by atoms with E-state index in [0.29, 0.717) is 5.92 Å². The van der Waals surface area contributed by atoms with Gasteiger partial charge in [0.15, 0.2) is 0 Å². The molecule has 1 amide bonds. The molecule has 1 N–H and O–H groups in total. The Hall–Kier alpha value is -1.34. The van der Waals surface area contributed by atoms with Crippen LogP contribution in [0, 0.1) is 40.4 Å². The molecule has 4 heteroatoms. The van der Waals surface area contributed by atoms with Crippen LogP contribution >= 0.6 is 11.3 Å². The van der Waals surface area contributed by atoms with Gasteiger partial charge in [0.1, 0.15) is 11.1 Å². The molecule has 1 aromatic heterocycles. The van der Waals surface area contributed by atoms with Gasteiger partial charge in [0.2, 0.25) is 5.91 Å². The van der Waals surface area contributed by atoms with E-state index in [-0.39, 0.29) is 11.3 Å². The van der Waals surface area contributed by atoms with Gasteiger partial charge in [-0.05, 0) is 87.0 Å². The van der Waals surface area contributed by atoms with Crippen molar-refractivity contribution in [3.8, 4) is 6.07 Å². The van der Waals surface area contributed by atoms with Gasteiger partial charge in [-0.3, -0.25) is 4.79 Å². The molecular formula is C21H26N2OS. The fraction of sp³-hybridized carbons (Fsp3) is 0.714. The van der Waals surface area contributed by atoms with Gasteiger partial charge in [-0.1, -0.05) is 6.92 Å². The maximum atomic E-state index is 13.3. The number of hydrogen-bond acceptors (Lipinski definition) is 3. The van der Waals surface area contributed by atoms with Crippen molar-refractivity contribution in [3.05, 3.63) is 16.0 Å². The number of rotatable bonds is 2. The van der Waals surface area contributed by atoms with Crippen molar-refractivity contribution in [2.45, 2.75) is 64.7 Å². The Bertz CT molecular complexity index is 736. The van der Waals surface area contributed by atoms with Gasteiger partial charge in [0.25, 0.3) is 0 Å². The fourth-order valence-electron chi connectivity index (χ4n) is 6.59. The van der Waals surface area contributed by atoms with Gasteiger partial charge in [0, 0.05) is 4.88 Å². The first-order valence-corrected chi connectivity index (χ1v) is 10.7. The van der Waals surface area contributed by atoms with Gasteiger partial charge in [0.05, 0.1) is 11.0 Å². The fourth-order valence-corrected chi connectivity index (χ4v) is 7.78. The Kier molecular flexibility index (Phi) is 3.54. The number of carbonyl (C=O) groups is 1. The van der Waals surface area contributed by atoms with Crippen LogP contribution in [0.1, 0.15) is 67.9 Å². The van der Waals surface area contributed by atoms with E-state index < -0.39 is 0 Å². The summed E-state index contributed by atoms with van der Waals surface area (Å²) < 4.78 is 0. The molecule has 1 heterocycles. The minimum Gasteiger partial charge on any atom is -0.316 e. The highest BCUT2D eigenvalue weighted by molar-refractivity contribution is 7.16. The molecule has 0 aliphatic heterocycles. The van der Waals surface area contributed by atoms with E-state index in [0.717, 1.165) is 60.4 Å². The Labute approximate surface area is 153 Å². The molecule has 5 aliphatic carbocycles. The summed E-state index contributed by atoms with van der Waals surface area (Å²) in [6, 6.07) is 2.40. The Morgan fingerprint density at radius 2 is 1.84 bits per heavy atom. The molecular weight excluding hydrogens is 328 g/mol. The number of fused-ring (bicyclic) bond motifs is 1. The third-order valence-corrected chi connectivity index (χ3v) is 8.57. The van der Waals surface area contributed by atoms with Crippen molar-refractivity contribution in [3.63, 3.8) is 0 Å². The minimum atomic E-state index is -0.140. The SMILES string of the molecule is C[C@H]1CCc2sc(NC(=O)C34CC5CC(CC(C5)C3)C4)c(C#N)c2C1. The van der Waals surface area contributed by atoms with Gasteiger partial charge < -0.3 is 5.32 Å². The van der Waals surface area contributed by atoms with Crippen LogP contribution < -0.4 is 5.32 Å². The van der Waals surface area contributed by atoms with Crippen LogP contribution in [0.3, 0.4) is 0 Å². The highest BCUT2D eigenvalue weighted by Crippen LogP contribution is 2.60. The van der Waals surface area contributed by atoms with Gasteiger partial charge >= 0.3 is 0 Å². The first-order valence-electron chi connectivity index (χ1n) is 9.92. The lowest BCUT2D eigenvalue weighted by molar-refractivity contribution is -0.140. The first kappa shape index (κ1) is 15.9. The van der Waals surface area contributed by atoms with E-state index in [9.17, 15) is 10.1 Å². The van der Waals surface area contributed by atoms with Crippen LogP contribution in [-0.2, 0) is 17.6 Å². The summed E-state index contributed by atoms with van der Waals surface area (Å²) in [4.78, 5) is 14.6. The van der Waals surface area contributed by atoms with Crippen molar-refractivity contribution >= 4 is 22.2 Å². The van der Waals surface area contributed by atoms with Gasteiger partial charge in [-0.15, -0.1) is 11.3 Å². The Balaban J connectivity index is 1.43. The minimum absolute atomic E-state index is 0.140. The number of amides is 1. The largest absolute Gasteiger partial charge is 0.316 e.